The van der Waals surface area contributed by atoms with E-state index in [1.165, 1.54) is 19.2 Å². The summed E-state index contributed by atoms with van der Waals surface area (Å²) in [6.07, 6.45) is 0.0685. The lowest BCUT2D eigenvalue weighted by molar-refractivity contribution is -0.172. The van der Waals surface area contributed by atoms with Crippen LogP contribution in [0.1, 0.15) is 23.2 Å². The lowest BCUT2D eigenvalue weighted by Gasteiger charge is -2.12. The van der Waals surface area contributed by atoms with E-state index in [9.17, 15) is 14.4 Å². The van der Waals surface area contributed by atoms with Gasteiger partial charge in [-0.3, -0.25) is 9.59 Å². The lowest BCUT2D eigenvalue weighted by Crippen LogP contribution is -2.32. The minimum atomic E-state index is -0.883. The molecule has 1 aliphatic heterocycles. The van der Waals surface area contributed by atoms with Crippen molar-refractivity contribution in [2.75, 3.05) is 7.11 Å². The van der Waals surface area contributed by atoms with Gasteiger partial charge in [0.1, 0.15) is 5.15 Å². The average molecular weight is 285 g/mol. The van der Waals surface area contributed by atoms with Crippen molar-refractivity contribution in [1.29, 1.82) is 0 Å². The van der Waals surface area contributed by atoms with Crippen LogP contribution >= 0.6 is 11.6 Å². The van der Waals surface area contributed by atoms with E-state index in [-0.39, 0.29) is 29.4 Å². The van der Waals surface area contributed by atoms with Crippen molar-refractivity contribution in [2.45, 2.75) is 12.8 Å². The topological polar surface area (TPSA) is 85.8 Å². The van der Waals surface area contributed by atoms with Crippen molar-refractivity contribution < 1.29 is 24.0 Å². The van der Waals surface area contributed by atoms with Crippen LogP contribution in [0.5, 0.6) is 5.88 Å². The summed E-state index contributed by atoms with van der Waals surface area (Å²) in [5, 5.41) is 0.494. The maximum Gasteiger partial charge on any atom is 0.364 e. The lowest BCUT2D eigenvalue weighted by atomic mass is 10.3. The van der Waals surface area contributed by atoms with Gasteiger partial charge in [-0.05, 0) is 6.07 Å². The van der Waals surface area contributed by atoms with E-state index in [2.05, 4.69) is 4.98 Å². The Morgan fingerprint density at radius 2 is 1.95 bits per heavy atom. The van der Waals surface area contributed by atoms with E-state index in [1.807, 2.05) is 0 Å². The van der Waals surface area contributed by atoms with Gasteiger partial charge in [-0.25, -0.2) is 9.78 Å². The van der Waals surface area contributed by atoms with Gasteiger partial charge >= 0.3 is 5.97 Å². The van der Waals surface area contributed by atoms with Gasteiger partial charge in [0.2, 0.25) is 5.88 Å². The van der Waals surface area contributed by atoms with Crippen LogP contribution < -0.4 is 4.74 Å². The molecule has 19 heavy (non-hydrogen) atoms. The second-order valence-electron chi connectivity index (χ2n) is 3.68. The van der Waals surface area contributed by atoms with Gasteiger partial charge in [0.15, 0.2) is 0 Å². The third-order valence-corrected chi connectivity index (χ3v) is 2.59. The molecule has 2 heterocycles. The molecule has 0 spiro atoms. The van der Waals surface area contributed by atoms with Crippen molar-refractivity contribution in [1.82, 2.24) is 10.0 Å². The van der Waals surface area contributed by atoms with Crippen molar-refractivity contribution >= 4 is 29.4 Å². The third kappa shape index (κ3) is 2.82. The highest BCUT2D eigenvalue weighted by Gasteiger charge is 2.33. The number of hydroxylamine groups is 2. The minimum Gasteiger partial charge on any atom is -0.481 e. The monoisotopic (exact) mass is 284 g/mol. The first kappa shape index (κ1) is 13.3. The fraction of sp³-hybridized carbons (Fsp3) is 0.273. The maximum atomic E-state index is 11.8. The van der Waals surface area contributed by atoms with Crippen LogP contribution in [0.3, 0.4) is 0 Å². The van der Waals surface area contributed by atoms with Crippen molar-refractivity contribution in [3.8, 4) is 5.88 Å². The fourth-order valence-corrected chi connectivity index (χ4v) is 1.69. The standard InChI is InChI=1S/C11H9ClN2O5/c1-18-8-5-6(4-7(12)13-8)11(17)19-14-9(15)2-3-10(14)16/h4-5H,2-3H2,1H3. The van der Waals surface area contributed by atoms with E-state index in [0.717, 1.165) is 0 Å². The Kier molecular flexibility index (Phi) is 3.66. The van der Waals surface area contributed by atoms with Gasteiger partial charge in [-0.15, -0.1) is 5.06 Å². The number of nitrogens with zero attached hydrogens (tertiary/aromatic N) is 2. The smallest absolute Gasteiger partial charge is 0.364 e. The summed E-state index contributed by atoms with van der Waals surface area (Å²) in [4.78, 5) is 42.9. The number of halogens is 1. The summed E-state index contributed by atoms with van der Waals surface area (Å²) in [6, 6.07) is 2.54. The summed E-state index contributed by atoms with van der Waals surface area (Å²) >= 11 is 5.70. The van der Waals surface area contributed by atoms with Gasteiger partial charge < -0.3 is 9.57 Å². The number of rotatable bonds is 3. The van der Waals surface area contributed by atoms with Crippen molar-refractivity contribution in [3.63, 3.8) is 0 Å². The largest absolute Gasteiger partial charge is 0.481 e. The van der Waals surface area contributed by atoms with E-state index in [4.69, 9.17) is 21.2 Å². The Balaban J connectivity index is 2.18. The van der Waals surface area contributed by atoms with Crippen LogP contribution in [0, 0.1) is 0 Å². The van der Waals surface area contributed by atoms with E-state index < -0.39 is 17.8 Å². The normalized spacial score (nSPS) is 14.7. The molecule has 1 aromatic heterocycles. The molecular weight excluding hydrogens is 276 g/mol. The number of hydrogen-bond acceptors (Lipinski definition) is 6. The van der Waals surface area contributed by atoms with Crippen LogP contribution in [-0.2, 0) is 14.4 Å². The van der Waals surface area contributed by atoms with Crippen LogP contribution in [0.15, 0.2) is 12.1 Å². The zero-order chi connectivity index (χ0) is 14.0. The number of methoxy groups -OCH3 is 1. The summed E-state index contributed by atoms with van der Waals surface area (Å²) in [5.74, 6) is -1.86. The highest BCUT2D eigenvalue weighted by atomic mass is 35.5. The molecule has 0 unspecified atom stereocenters. The second-order valence-corrected chi connectivity index (χ2v) is 4.07. The quantitative estimate of drug-likeness (QED) is 0.607. The van der Waals surface area contributed by atoms with E-state index in [1.54, 1.807) is 0 Å². The molecule has 7 nitrogen and oxygen atoms in total. The second kappa shape index (κ2) is 5.23. The van der Waals surface area contributed by atoms with Gasteiger partial charge in [0.05, 0.1) is 12.7 Å². The molecule has 0 saturated carbocycles. The van der Waals surface area contributed by atoms with Gasteiger partial charge in [-0.2, -0.15) is 0 Å². The Hall–Kier alpha value is -2.15. The number of pyridine rings is 1. The van der Waals surface area contributed by atoms with Gasteiger partial charge in [0.25, 0.3) is 11.8 Å². The third-order valence-electron chi connectivity index (χ3n) is 2.40. The Bertz CT molecular complexity index is 544. The van der Waals surface area contributed by atoms with Gasteiger partial charge in [0, 0.05) is 18.9 Å². The number of amides is 2. The van der Waals surface area contributed by atoms with Crippen LogP contribution in [0.4, 0.5) is 0 Å². The highest BCUT2D eigenvalue weighted by molar-refractivity contribution is 6.29. The first-order valence-corrected chi connectivity index (χ1v) is 5.68. The molecule has 0 radical (unpaired) electrons. The molecule has 0 aliphatic carbocycles. The Labute approximate surface area is 113 Å². The highest BCUT2D eigenvalue weighted by Crippen LogP contribution is 2.19. The molecule has 2 rings (SSSR count). The molecule has 2 amide bonds. The van der Waals surface area contributed by atoms with Gasteiger partial charge in [-0.1, -0.05) is 11.6 Å². The number of ether oxygens (including phenoxy) is 1. The summed E-state index contributed by atoms with van der Waals surface area (Å²) in [6.45, 7) is 0. The molecule has 0 atom stereocenters. The molecule has 1 saturated heterocycles. The molecule has 1 aliphatic rings. The van der Waals surface area contributed by atoms with E-state index >= 15 is 0 Å². The van der Waals surface area contributed by atoms with Crippen LogP contribution in [0.2, 0.25) is 5.15 Å². The molecule has 8 heteroatoms. The number of hydrogen-bond donors (Lipinski definition) is 0. The predicted octanol–water partition coefficient (Wildman–Crippen LogP) is 0.964. The average Bonchev–Trinajstić information content (AvgIpc) is 2.69. The predicted molar refractivity (Wildman–Crippen MR) is 62.3 cm³/mol. The molecule has 0 N–H and O–H groups in total. The zero-order valence-electron chi connectivity index (χ0n) is 9.88. The first-order chi connectivity index (χ1) is 9.01. The number of aromatic nitrogens is 1. The molecule has 0 bridgehead atoms. The zero-order valence-corrected chi connectivity index (χ0v) is 10.6. The van der Waals surface area contributed by atoms with Crippen molar-refractivity contribution in [2.24, 2.45) is 0 Å². The summed E-state index contributed by atoms with van der Waals surface area (Å²) < 4.78 is 4.85. The summed E-state index contributed by atoms with van der Waals surface area (Å²) in [7, 11) is 1.36. The molecular formula is C11H9ClN2O5. The minimum absolute atomic E-state index is 0.0318. The Morgan fingerprint density at radius 3 is 2.53 bits per heavy atom. The Morgan fingerprint density at radius 1 is 1.32 bits per heavy atom. The van der Waals surface area contributed by atoms with Crippen LogP contribution in [-0.4, -0.2) is 34.9 Å². The van der Waals surface area contributed by atoms with Crippen molar-refractivity contribution in [3.05, 3.63) is 22.8 Å². The molecule has 0 aromatic carbocycles. The first-order valence-electron chi connectivity index (χ1n) is 5.31. The van der Waals surface area contributed by atoms with E-state index in [0.29, 0.717) is 5.06 Å². The number of imide groups is 1. The fourth-order valence-electron chi connectivity index (χ4n) is 1.49. The number of carbonyl (C=O) groups is 3. The SMILES string of the molecule is COc1cc(C(=O)ON2C(=O)CCC2=O)cc(Cl)n1. The summed E-state index contributed by atoms with van der Waals surface area (Å²) in [5.41, 5.74) is 0.0318. The van der Waals surface area contributed by atoms with Crippen LogP contribution in [0.25, 0.3) is 0 Å². The number of carbonyl (C=O) groups excluding carboxylic acids is 3. The molecule has 1 aromatic rings. The maximum absolute atomic E-state index is 11.8. The molecule has 100 valence electrons. The molecule has 1 fully saturated rings.